The van der Waals surface area contributed by atoms with Crippen molar-refractivity contribution in [1.82, 2.24) is 15.2 Å². The maximum absolute atomic E-state index is 14.6. The normalized spacial score (nSPS) is 18.0. The Morgan fingerprint density at radius 3 is 2.44 bits per heavy atom. The van der Waals surface area contributed by atoms with Gasteiger partial charge in [0.15, 0.2) is 0 Å². The summed E-state index contributed by atoms with van der Waals surface area (Å²) in [6, 6.07) is 12.5. The highest BCUT2D eigenvalue weighted by molar-refractivity contribution is 6.07. The van der Waals surface area contributed by atoms with Gasteiger partial charge in [0.25, 0.3) is 5.91 Å². The van der Waals surface area contributed by atoms with Crippen LogP contribution >= 0.6 is 0 Å². The van der Waals surface area contributed by atoms with E-state index in [-0.39, 0.29) is 23.3 Å². The van der Waals surface area contributed by atoms with Gasteiger partial charge in [0.1, 0.15) is 5.82 Å². The van der Waals surface area contributed by atoms with E-state index in [1.165, 1.54) is 6.07 Å². The number of halogens is 1. The first-order valence-electron chi connectivity index (χ1n) is 11.0. The second-order valence-electron chi connectivity index (χ2n) is 8.58. The van der Waals surface area contributed by atoms with Crippen LogP contribution < -0.4 is 5.43 Å². The first kappa shape index (κ1) is 20.4. The SMILES string of the molecule is C=C1NN=C(Cc2ccc(F)c(C(=O)N3CCN(C(=O)C4CC4)CC3)c2)c2ccccc21. The highest BCUT2D eigenvalue weighted by Crippen LogP contribution is 2.31. The number of fused-ring (bicyclic) bond motifs is 1. The molecule has 1 saturated carbocycles. The van der Waals surface area contributed by atoms with Crippen LogP contribution in [0.5, 0.6) is 0 Å². The Hall–Kier alpha value is -3.48. The van der Waals surface area contributed by atoms with Crippen molar-refractivity contribution in [3.63, 3.8) is 0 Å². The number of nitrogens with one attached hydrogen (secondary N) is 1. The summed E-state index contributed by atoms with van der Waals surface area (Å²) in [7, 11) is 0. The van der Waals surface area contributed by atoms with Gasteiger partial charge in [-0.05, 0) is 30.5 Å². The molecule has 2 aromatic carbocycles. The number of hydrazone groups is 1. The smallest absolute Gasteiger partial charge is 0.256 e. The summed E-state index contributed by atoms with van der Waals surface area (Å²) in [4.78, 5) is 28.8. The van der Waals surface area contributed by atoms with E-state index in [4.69, 9.17) is 0 Å². The number of piperazine rings is 1. The molecule has 3 aliphatic rings. The Morgan fingerprint density at radius 1 is 1.03 bits per heavy atom. The van der Waals surface area contributed by atoms with Crippen LogP contribution in [-0.2, 0) is 11.2 Å². The van der Waals surface area contributed by atoms with Crippen LogP contribution in [-0.4, -0.2) is 53.5 Å². The van der Waals surface area contributed by atoms with Gasteiger partial charge in [-0.1, -0.05) is 36.9 Å². The third-order valence-corrected chi connectivity index (χ3v) is 6.33. The van der Waals surface area contributed by atoms with Crippen molar-refractivity contribution >= 4 is 23.2 Å². The standard InChI is InChI=1S/C25H25FN4O2/c1-16-19-4-2-3-5-20(19)23(28-27-16)15-17-6-9-22(26)21(14-17)25(32)30-12-10-29(11-13-30)24(31)18-7-8-18/h2-6,9,14,18,27H,1,7-8,10-13,15H2. The van der Waals surface area contributed by atoms with Gasteiger partial charge in [0, 0.05) is 49.6 Å². The van der Waals surface area contributed by atoms with Crippen molar-refractivity contribution in [2.24, 2.45) is 11.0 Å². The van der Waals surface area contributed by atoms with E-state index in [2.05, 4.69) is 17.1 Å². The largest absolute Gasteiger partial charge is 0.339 e. The van der Waals surface area contributed by atoms with E-state index < -0.39 is 5.82 Å². The third-order valence-electron chi connectivity index (χ3n) is 6.33. The van der Waals surface area contributed by atoms with Crippen molar-refractivity contribution in [2.75, 3.05) is 26.2 Å². The van der Waals surface area contributed by atoms with E-state index >= 15 is 0 Å². The second-order valence-corrected chi connectivity index (χ2v) is 8.58. The zero-order valence-electron chi connectivity index (χ0n) is 17.8. The number of rotatable bonds is 4. The molecule has 7 heteroatoms. The number of nitrogens with zero attached hydrogens (tertiary/aromatic N) is 3. The lowest BCUT2D eigenvalue weighted by atomic mass is 9.94. The molecule has 0 radical (unpaired) electrons. The molecule has 2 fully saturated rings. The summed E-state index contributed by atoms with van der Waals surface area (Å²) in [6.07, 6.45) is 2.40. The fourth-order valence-corrected chi connectivity index (χ4v) is 4.32. The molecule has 6 nitrogen and oxygen atoms in total. The van der Waals surface area contributed by atoms with Crippen LogP contribution in [0.3, 0.4) is 0 Å². The fraction of sp³-hybridized carbons (Fsp3) is 0.320. The van der Waals surface area contributed by atoms with Gasteiger partial charge >= 0.3 is 0 Å². The molecule has 164 valence electrons. The first-order valence-corrected chi connectivity index (χ1v) is 11.0. The minimum absolute atomic E-state index is 0.0616. The van der Waals surface area contributed by atoms with E-state index in [1.807, 2.05) is 29.2 Å². The Kier molecular flexibility index (Phi) is 5.25. The van der Waals surface area contributed by atoms with Gasteiger partial charge in [-0.15, -0.1) is 0 Å². The quantitative estimate of drug-likeness (QED) is 0.808. The molecule has 2 aliphatic heterocycles. The Morgan fingerprint density at radius 2 is 1.72 bits per heavy atom. The number of hydrogen-bond acceptors (Lipinski definition) is 4. The van der Waals surface area contributed by atoms with Gasteiger partial charge in [0.05, 0.1) is 17.0 Å². The fourth-order valence-electron chi connectivity index (χ4n) is 4.32. The molecule has 2 heterocycles. The molecule has 0 spiro atoms. The molecular weight excluding hydrogens is 407 g/mol. The van der Waals surface area contributed by atoms with Gasteiger partial charge in [-0.3, -0.25) is 15.0 Å². The van der Waals surface area contributed by atoms with Crippen molar-refractivity contribution in [3.05, 3.63) is 77.1 Å². The molecule has 5 rings (SSSR count). The van der Waals surface area contributed by atoms with Crippen LogP contribution in [0, 0.1) is 11.7 Å². The molecule has 1 saturated heterocycles. The highest BCUT2D eigenvalue weighted by atomic mass is 19.1. The first-order chi connectivity index (χ1) is 15.5. The van der Waals surface area contributed by atoms with Gasteiger partial charge < -0.3 is 9.80 Å². The summed E-state index contributed by atoms with van der Waals surface area (Å²) < 4.78 is 14.6. The molecule has 0 aromatic heterocycles. The summed E-state index contributed by atoms with van der Waals surface area (Å²) in [5.74, 6) is -0.506. The molecule has 0 atom stereocenters. The number of benzene rings is 2. The van der Waals surface area contributed by atoms with Crippen molar-refractivity contribution < 1.29 is 14.0 Å². The van der Waals surface area contributed by atoms with Crippen LogP contribution in [0.15, 0.2) is 54.1 Å². The molecule has 0 unspecified atom stereocenters. The van der Waals surface area contributed by atoms with E-state index in [9.17, 15) is 14.0 Å². The summed E-state index contributed by atoms with van der Waals surface area (Å²) in [5.41, 5.74) is 7.32. The maximum Gasteiger partial charge on any atom is 0.256 e. The van der Waals surface area contributed by atoms with Crippen molar-refractivity contribution in [2.45, 2.75) is 19.3 Å². The minimum atomic E-state index is -0.535. The summed E-state index contributed by atoms with van der Waals surface area (Å²) >= 11 is 0. The minimum Gasteiger partial charge on any atom is -0.339 e. The average Bonchev–Trinajstić information content (AvgIpc) is 3.67. The van der Waals surface area contributed by atoms with Crippen LogP contribution in [0.4, 0.5) is 4.39 Å². The maximum atomic E-state index is 14.6. The predicted octanol–water partition coefficient (Wildman–Crippen LogP) is 3.04. The lowest BCUT2D eigenvalue weighted by Gasteiger charge is -2.35. The van der Waals surface area contributed by atoms with E-state index in [0.29, 0.717) is 32.6 Å². The molecule has 1 N–H and O–H groups in total. The Labute approximate surface area is 186 Å². The topological polar surface area (TPSA) is 65.0 Å². The van der Waals surface area contributed by atoms with Crippen LogP contribution in [0.1, 0.15) is 39.9 Å². The lowest BCUT2D eigenvalue weighted by molar-refractivity contribution is -0.134. The molecule has 2 aromatic rings. The lowest BCUT2D eigenvalue weighted by Crippen LogP contribution is -2.51. The van der Waals surface area contributed by atoms with Crippen molar-refractivity contribution in [1.29, 1.82) is 0 Å². The Balaban J connectivity index is 1.31. The number of amides is 2. The predicted molar refractivity (Wildman–Crippen MR) is 120 cm³/mol. The average molecular weight is 432 g/mol. The molecule has 32 heavy (non-hydrogen) atoms. The molecule has 1 aliphatic carbocycles. The third kappa shape index (κ3) is 3.90. The van der Waals surface area contributed by atoms with Gasteiger partial charge in [-0.2, -0.15) is 5.10 Å². The molecule has 2 amide bonds. The molecule has 0 bridgehead atoms. The summed E-state index contributed by atoms with van der Waals surface area (Å²) in [5, 5.41) is 4.42. The van der Waals surface area contributed by atoms with Crippen LogP contribution in [0.25, 0.3) is 5.70 Å². The van der Waals surface area contributed by atoms with Gasteiger partial charge in [0.2, 0.25) is 5.91 Å². The Bertz CT molecular complexity index is 1130. The van der Waals surface area contributed by atoms with Gasteiger partial charge in [-0.25, -0.2) is 4.39 Å². The zero-order valence-corrected chi connectivity index (χ0v) is 17.8. The number of hydrogen-bond donors (Lipinski definition) is 1. The van der Waals surface area contributed by atoms with Crippen LogP contribution in [0.2, 0.25) is 0 Å². The monoisotopic (exact) mass is 432 g/mol. The number of carbonyl (C=O) groups excluding carboxylic acids is 2. The second kappa shape index (κ2) is 8.22. The summed E-state index contributed by atoms with van der Waals surface area (Å²) in [6.45, 7) is 5.84. The zero-order chi connectivity index (χ0) is 22.2. The van der Waals surface area contributed by atoms with Crippen molar-refractivity contribution in [3.8, 4) is 0 Å². The molecular formula is C25H25FN4O2. The highest BCUT2D eigenvalue weighted by Gasteiger charge is 2.35. The van der Waals surface area contributed by atoms with E-state index in [1.54, 1.807) is 17.0 Å². The number of carbonyl (C=O) groups is 2. The van der Waals surface area contributed by atoms with E-state index in [0.717, 1.165) is 40.9 Å².